The normalized spacial score (nSPS) is 27.9. The number of carbonyl (C=O) groups is 1. The van der Waals surface area contributed by atoms with E-state index in [4.69, 9.17) is 9.47 Å². The first kappa shape index (κ1) is 16.3. The molecule has 0 spiro atoms. The van der Waals surface area contributed by atoms with Crippen LogP contribution in [0.5, 0.6) is 5.75 Å². The number of aryl methyl sites for hydroxylation is 1. The van der Waals surface area contributed by atoms with Crippen LogP contribution in [0.4, 0.5) is 0 Å². The number of ether oxygens (including phenoxy) is 2. The summed E-state index contributed by atoms with van der Waals surface area (Å²) in [5, 5.41) is 10.2. The molecule has 1 aromatic carbocycles. The van der Waals surface area contributed by atoms with E-state index in [1.807, 2.05) is 36.1 Å². The summed E-state index contributed by atoms with van der Waals surface area (Å²) in [5.41, 5.74) is 1.10. The van der Waals surface area contributed by atoms with Crippen molar-refractivity contribution in [1.29, 1.82) is 0 Å². The van der Waals surface area contributed by atoms with Crippen molar-refractivity contribution in [1.82, 2.24) is 4.90 Å². The second kappa shape index (κ2) is 7.32. The third kappa shape index (κ3) is 3.85. The van der Waals surface area contributed by atoms with Gasteiger partial charge in [-0.05, 0) is 37.5 Å². The van der Waals surface area contributed by atoms with E-state index in [0.717, 1.165) is 24.8 Å². The number of benzene rings is 1. The van der Waals surface area contributed by atoms with Gasteiger partial charge in [0.2, 0.25) is 0 Å². The SMILES string of the molecule is Cc1cccc(OCC(=O)N2CCOC[C@@H]2[C@H]2CCC[C@H]2O)c1. The van der Waals surface area contributed by atoms with Gasteiger partial charge in [-0.2, -0.15) is 0 Å². The summed E-state index contributed by atoms with van der Waals surface area (Å²) in [5.74, 6) is 0.807. The molecule has 1 saturated carbocycles. The first-order valence-corrected chi connectivity index (χ1v) is 8.40. The van der Waals surface area contributed by atoms with Crippen LogP contribution in [-0.4, -0.2) is 54.4 Å². The minimum atomic E-state index is -0.324. The molecule has 5 nitrogen and oxygen atoms in total. The van der Waals surface area contributed by atoms with Crippen LogP contribution in [0, 0.1) is 12.8 Å². The number of aliphatic hydroxyl groups is 1. The highest BCUT2D eigenvalue weighted by molar-refractivity contribution is 5.78. The molecule has 3 rings (SSSR count). The van der Waals surface area contributed by atoms with Gasteiger partial charge in [-0.25, -0.2) is 0 Å². The molecule has 1 saturated heterocycles. The van der Waals surface area contributed by atoms with Crippen LogP contribution in [0.1, 0.15) is 24.8 Å². The zero-order valence-electron chi connectivity index (χ0n) is 13.6. The number of carbonyl (C=O) groups excluding carboxylic acids is 1. The van der Waals surface area contributed by atoms with Crippen LogP contribution in [0.2, 0.25) is 0 Å². The number of aliphatic hydroxyl groups excluding tert-OH is 1. The molecule has 0 radical (unpaired) electrons. The lowest BCUT2D eigenvalue weighted by Gasteiger charge is -2.40. The van der Waals surface area contributed by atoms with Crippen molar-refractivity contribution in [2.45, 2.75) is 38.3 Å². The Kier molecular flexibility index (Phi) is 5.18. The van der Waals surface area contributed by atoms with E-state index in [2.05, 4.69) is 0 Å². The molecular formula is C18H25NO4. The lowest BCUT2D eigenvalue weighted by atomic mass is 9.94. The number of nitrogens with zero attached hydrogens (tertiary/aromatic N) is 1. The molecule has 23 heavy (non-hydrogen) atoms. The molecule has 1 N–H and O–H groups in total. The van der Waals surface area contributed by atoms with Crippen LogP contribution < -0.4 is 4.74 Å². The van der Waals surface area contributed by atoms with Crippen LogP contribution in [0.3, 0.4) is 0 Å². The standard InChI is InChI=1S/C18H25NO4/c1-13-4-2-5-14(10-13)23-12-18(21)19-8-9-22-11-16(19)15-6-3-7-17(15)20/h2,4-5,10,15-17,20H,3,6-9,11-12H2,1H3/t15-,16-,17-/m1/s1. The quantitative estimate of drug-likeness (QED) is 0.919. The zero-order chi connectivity index (χ0) is 16.2. The van der Waals surface area contributed by atoms with Crippen molar-refractivity contribution in [3.63, 3.8) is 0 Å². The third-order valence-electron chi connectivity index (χ3n) is 4.86. The number of hydrogen-bond donors (Lipinski definition) is 1. The molecule has 1 aliphatic carbocycles. The Balaban J connectivity index is 1.62. The highest BCUT2D eigenvalue weighted by Gasteiger charge is 2.39. The van der Waals surface area contributed by atoms with Crippen molar-refractivity contribution in [2.75, 3.05) is 26.4 Å². The Bertz CT molecular complexity index is 548. The second-order valence-corrected chi connectivity index (χ2v) is 6.50. The van der Waals surface area contributed by atoms with Gasteiger partial charge in [-0.1, -0.05) is 18.6 Å². The summed E-state index contributed by atoms with van der Waals surface area (Å²) in [6.07, 6.45) is 2.47. The lowest BCUT2D eigenvalue weighted by molar-refractivity contribution is -0.146. The van der Waals surface area contributed by atoms with Crippen molar-refractivity contribution >= 4 is 5.91 Å². The molecule has 1 heterocycles. The molecule has 2 fully saturated rings. The minimum absolute atomic E-state index is 0.0288. The molecule has 1 amide bonds. The highest BCUT2D eigenvalue weighted by atomic mass is 16.5. The predicted octanol–water partition coefficient (Wildman–Crippen LogP) is 1.76. The van der Waals surface area contributed by atoms with E-state index in [0.29, 0.717) is 25.5 Å². The number of hydrogen-bond acceptors (Lipinski definition) is 4. The fraction of sp³-hybridized carbons (Fsp3) is 0.611. The minimum Gasteiger partial charge on any atom is -0.484 e. The lowest BCUT2D eigenvalue weighted by Crippen LogP contribution is -2.54. The second-order valence-electron chi connectivity index (χ2n) is 6.50. The maximum Gasteiger partial charge on any atom is 0.260 e. The summed E-state index contributed by atoms with van der Waals surface area (Å²) in [7, 11) is 0. The summed E-state index contributed by atoms with van der Waals surface area (Å²) in [6.45, 7) is 3.66. The van der Waals surface area contributed by atoms with E-state index in [1.54, 1.807) is 0 Å². The maximum atomic E-state index is 12.6. The first-order valence-electron chi connectivity index (χ1n) is 8.40. The Morgan fingerprint density at radius 3 is 3.04 bits per heavy atom. The summed E-state index contributed by atoms with van der Waals surface area (Å²) < 4.78 is 11.2. The Morgan fingerprint density at radius 2 is 2.30 bits per heavy atom. The van der Waals surface area contributed by atoms with Gasteiger partial charge in [0.05, 0.1) is 25.4 Å². The van der Waals surface area contributed by atoms with E-state index < -0.39 is 0 Å². The van der Waals surface area contributed by atoms with Gasteiger partial charge in [-0.15, -0.1) is 0 Å². The number of amides is 1. The van der Waals surface area contributed by atoms with Gasteiger partial charge in [0.25, 0.3) is 5.91 Å². The fourth-order valence-corrected chi connectivity index (χ4v) is 3.64. The smallest absolute Gasteiger partial charge is 0.260 e. The molecule has 0 unspecified atom stereocenters. The topological polar surface area (TPSA) is 59.0 Å². The van der Waals surface area contributed by atoms with Crippen LogP contribution in [0.15, 0.2) is 24.3 Å². The van der Waals surface area contributed by atoms with Gasteiger partial charge in [0.1, 0.15) is 5.75 Å². The molecule has 0 bridgehead atoms. The van der Waals surface area contributed by atoms with Gasteiger partial charge in [0, 0.05) is 12.5 Å². The van der Waals surface area contributed by atoms with Crippen LogP contribution >= 0.6 is 0 Å². The monoisotopic (exact) mass is 319 g/mol. The summed E-state index contributed by atoms with van der Waals surface area (Å²) in [4.78, 5) is 14.4. The first-order chi connectivity index (χ1) is 11.1. The fourth-order valence-electron chi connectivity index (χ4n) is 3.64. The largest absolute Gasteiger partial charge is 0.484 e. The Morgan fingerprint density at radius 1 is 1.43 bits per heavy atom. The average molecular weight is 319 g/mol. The Hall–Kier alpha value is -1.59. The van der Waals surface area contributed by atoms with E-state index >= 15 is 0 Å². The summed E-state index contributed by atoms with van der Waals surface area (Å²) >= 11 is 0. The molecule has 2 aliphatic rings. The predicted molar refractivity (Wildman–Crippen MR) is 86.3 cm³/mol. The Labute approximate surface area is 137 Å². The van der Waals surface area contributed by atoms with Crippen molar-refractivity contribution < 1.29 is 19.4 Å². The van der Waals surface area contributed by atoms with Gasteiger partial charge >= 0.3 is 0 Å². The number of morpholine rings is 1. The van der Waals surface area contributed by atoms with Crippen molar-refractivity contribution in [3.05, 3.63) is 29.8 Å². The van der Waals surface area contributed by atoms with Crippen LogP contribution in [-0.2, 0) is 9.53 Å². The number of rotatable bonds is 4. The van der Waals surface area contributed by atoms with Gasteiger partial charge < -0.3 is 19.5 Å². The van der Waals surface area contributed by atoms with E-state index in [-0.39, 0.29) is 30.6 Å². The summed E-state index contributed by atoms with van der Waals surface area (Å²) in [6, 6.07) is 7.66. The third-order valence-corrected chi connectivity index (χ3v) is 4.86. The molecule has 5 heteroatoms. The molecule has 3 atom stereocenters. The molecule has 1 aromatic rings. The van der Waals surface area contributed by atoms with Crippen LogP contribution in [0.25, 0.3) is 0 Å². The van der Waals surface area contributed by atoms with Gasteiger partial charge in [-0.3, -0.25) is 4.79 Å². The van der Waals surface area contributed by atoms with Gasteiger partial charge in [0.15, 0.2) is 6.61 Å². The van der Waals surface area contributed by atoms with E-state index in [1.165, 1.54) is 0 Å². The van der Waals surface area contributed by atoms with E-state index in [9.17, 15) is 9.90 Å². The molecule has 0 aromatic heterocycles. The molecule has 126 valence electrons. The highest BCUT2D eigenvalue weighted by Crippen LogP contribution is 2.32. The average Bonchev–Trinajstić information content (AvgIpc) is 2.98. The van der Waals surface area contributed by atoms with Crippen molar-refractivity contribution in [3.8, 4) is 5.75 Å². The molecular weight excluding hydrogens is 294 g/mol. The molecule has 1 aliphatic heterocycles. The maximum absolute atomic E-state index is 12.6. The zero-order valence-corrected chi connectivity index (χ0v) is 13.6. The van der Waals surface area contributed by atoms with Crippen molar-refractivity contribution in [2.24, 2.45) is 5.92 Å².